The van der Waals surface area contributed by atoms with Crippen LogP contribution < -0.4 is 9.92 Å². The summed E-state index contributed by atoms with van der Waals surface area (Å²) < 4.78 is 30.5. The van der Waals surface area contributed by atoms with Crippen molar-refractivity contribution in [3.05, 3.63) is 92.0 Å². The molecule has 0 aliphatic carbocycles. The van der Waals surface area contributed by atoms with E-state index >= 15 is 0 Å². The molecule has 0 aliphatic rings. The molecule has 153 valence electrons. The molecule has 11 nitrogen and oxygen atoms in total. The Kier molecular flexibility index (Phi) is 6.83. The summed E-state index contributed by atoms with van der Waals surface area (Å²) in [4.78, 5) is 31.5. The summed E-state index contributed by atoms with van der Waals surface area (Å²) in [7, 11) is -4.58. The first-order valence-electron chi connectivity index (χ1n) is 8.09. The zero-order valence-electron chi connectivity index (χ0n) is 14.8. The lowest BCUT2D eigenvalue weighted by Gasteiger charge is -2.16. The molecule has 2 rings (SSSR count). The quantitative estimate of drug-likeness (QED) is 0.340. The summed E-state index contributed by atoms with van der Waals surface area (Å²) >= 11 is 0. The fourth-order valence-corrected chi connectivity index (χ4v) is 3.78. The first-order chi connectivity index (χ1) is 13.6. The maximum absolute atomic E-state index is 12.7. The van der Waals surface area contributed by atoms with Crippen molar-refractivity contribution >= 4 is 16.0 Å². The number of rotatable bonds is 10. The fourth-order valence-electron chi connectivity index (χ4n) is 2.47. The molecule has 2 aromatic rings. The molecule has 29 heavy (non-hydrogen) atoms. The van der Waals surface area contributed by atoms with Crippen molar-refractivity contribution in [3.8, 4) is 5.75 Å². The van der Waals surface area contributed by atoms with Crippen LogP contribution in [0.5, 0.6) is 5.75 Å². The second-order valence-corrected chi connectivity index (χ2v) is 7.58. The highest BCUT2D eigenvalue weighted by atomic mass is 32.2. The van der Waals surface area contributed by atoms with Crippen LogP contribution >= 0.6 is 0 Å². The number of nitrogens with zero attached hydrogens (tertiary/aromatic N) is 2. The molecule has 0 saturated carbocycles. The topological polar surface area (TPSA) is 173 Å². The van der Waals surface area contributed by atoms with E-state index < -0.39 is 37.7 Å². The summed E-state index contributed by atoms with van der Waals surface area (Å²) in [6, 6.07) is 10.8. The molecule has 1 radical (unpaired) electrons. The van der Waals surface area contributed by atoms with E-state index in [1.54, 1.807) is 0 Å². The van der Waals surface area contributed by atoms with Gasteiger partial charge in [-0.05, 0) is 23.3 Å². The highest BCUT2D eigenvalue weighted by Gasteiger charge is 2.35. The van der Waals surface area contributed by atoms with E-state index in [0.717, 1.165) is 6.54 Å². The predicted molar refractivity (Wildman–Crippen MR) is 101 cm³/mol. The number of hydrogen-bond donors (Lipinski definition) is 1. The van der Waals surface area contributed by atoms with Gasteiger partial charge in [0.1, 0.15) is 0 Å². The number of nitro groups is 2. The normalized spacial score (nSPS) is 12.1. The first-order valence-corrected chi connectivity index (χ1v) is 9.57. The van der Waals surface area contributed by atoms with E-state index in [9.17, 15) is 33.4 Å². The van der Waals surface area contributed by atoms with Gasteiger partial charge in [-0.3, -0.25) is 25.0 Å². The molecule has 12 heteroatoms. The van der Waals surface area contributed by atoms with Gasteiger partial charge in [-0.1, -0.05) is 36.4 Å². The summed E-state index contributed by atoms with van der Waals surface area (Å²) in [5.41, 5.74) is 5.58. The first kappa shape index (κ1) is 21.8. The lowest BCUT2D eigenvalue weighted by molar-refractivity contribution is -0.480. The molecular formula is C17H16N3O8S. The Bertz CT molecular complexity index is 1020. The minimum Gasteiger partial charge on any atom is -0.381 e. The molecule has 0 spiro atoms. The van der Waals surface area contributed by atoms with Gasteiger partial charge < -0.3 is 9.92 Å². The minimum absolute atomic E-state index is 0.00240. The van der Waals surface area contributed by atoms with Crippen molar-refractivity contribution in [1.82, 2.24) is 0 Å². The van der Waals surface area contributed by atoms with Crippen LogP contribution in [0.2, 0.25) is 0 Å². The highest BCUT2D eigenvalue weighted by molar-refractivity contribution is 7.87. The van der Waals surface area contributed by atoms with E-state index in [4.69, 9.17) is 9.92 Å². The Morgan fingerprint density at radius 3 is 2.28 bits per heavy atom. The fraction of sp³-hybridized carbons (Fsp3) is 0.176. The molecule has 0 heterocycles. The lowest BCUT2D eigenvalue weighted by Crippen LogP contribution is -2.26. The average molecular weight is 422 g/mol. The van der Waals surface area contributed by atoms with Crippen molar-refractivity contribution in [2.75, 3.05) is 6.54 Å². The maximum Gasteiger partial charge on any atom is 0.322 e. The average Bonchev–Trinajstić information content (AvgIpc) is 2.64. The summed E-state index contributed by atoms with van der Waals surface area (Å²) in [5, 5.41) is 19.8. The largest absolute Gasteiger partial charge is 0.381 e. The monoisotopic (exact) mass is 422 g/mol. The van der Waals surface area contributed by atoms with Crippen molar-refractivity contribution in [2.24, 2.45) is 5.73 Å². The molecule has 0 saturated heterocycles. The highest BCUT2D eigenvalue weighted by Crippen LogP contribution is 2.28. The number of amides is 1. The van der Waals surface area contributed by atoms with Crippen molar-refractivity contribution < 1.29 is 27.2 Å². The van der Waals surface area contributed by atoms with Gasteiger partial charge in [0.05, 0.1) is 5.56 Å². The minimum atomic E-state index is -4.58. The molecule has 2 aromatic carbocycles. The number of carbonyl (C=O) groups excluding carboxylic acids is 1. The van der Waals surface area contributed by atoms with Gasteiger partial charge in [-0.15, -0.1) is 0 Å². The van der Waals surface area contributed by atoms with E-state index in [0.29, 0.717) is 5.56 Å². The predicted octanol–water partition coefficient (Wildman–Crippen LogP) is 1.49. The Morgan fingerprint density at radius 2 is 1.72 bits per heavy atom. The third-order valence-electron chi connectivity index (χ3n) is 3.85. The van der Waals surface area contributed by atoms with Gasteiger partial charge in [0.2, 0.25) is 6.54 Å². The van der Waals surface area contributed by atoms with Crippen molar-refractivity contribution in [1.29, 1.82) is 0 Å². The molecule has 2 N–H and O–H groups in total. The van der Waals surface area contributed by atoms with Gasteiger partial charge >= 0.3 is 10.1 Å². The third-order valence-corrected chi connectivity index (χ3v) is 5.38. The van der Waals surface area contributed by atoms with E-state index in [-0.39, 0.29) is 23.3 Å². The third kappa shape index (κ3) is 5.97. The second kappa shape index (κ2) is 9.10. The van der Waals surface area contributed by atoms with E-state index in [1.165, 1.54) is 48.5 Å². The molecule has 1 unspecified atom stereocenters. The molecule has 0 aliphatic heterocycles. The number of nitrogens with two attached hydrogens (primary N) is 1. The van der Waals surface area contributed by atoms with Crippen molar-refractivity contribution in [3.63, 3.8) is 0 Å². The molecule has 0 aromatic heterocycles. The standard InChI is InChI=1S/C17H16N3O8S/c18-17(21)14-3-1-2-4-15(14)28-29(26,27)16(11-20(24)25)13-7-5-12(6-8-13)9-10-19(22)23/h1-8,10,16H,9,11H2,(H2,18,21). The van der Waals surface area contributed by atoms with E-state index in [1.807, 2.05) is 0 Å². The van der Waals surface area contributed by atoms with Crippen molar-refractivity contribution in [2.45, 2.75) is 11.7 Å². The number of primary amides is 1. The Labute approximate surface area is 165 Å². The van der Waals surface area contributed by atoms with Crippen LogP contribution in [0, 0.1) is 26.8 Å². The summed E-state index contributed by atoms with van der Waals surface area (Å²) in [5.74, 6) is -1.27. The number of carbonyl (C=O) groups is 1. The van der Waals surface area contributed by atoms with Crippen LogP contribution in [-0.2, 0) is 16.5 Å². The molecule has 1 amide bonds. The Morgan fingerprint density at radius 1 is 1.10 bits per heavy atom. The van der Waals surface area contributed by atoms with Crippen LogP contribution in [0.4, 0.5) is 0 Å². The second-order valence-electron chi connectivity index (χ2n) is 5.85. The number of para-hydroxylation sites is 1. The Balaban J connectivity index is 2.35. The van der Waals surface area contributed by atoms with Crippen LogP contribution in [0.25, 0.3) is 0 Å². The summed E-state index contributed by atoms with van der Waals surface area (Å²) in [6.07, 6.45) is 0.00240. The maximum atomic E-state index is 12.7. The molecule has 0 bridgehead atoms. The smallest absolute Gasteiger partial charge is 0.322 e. The molecule has 0 fully saturated rings. The van der Waals surface area contributed by atoms with Gasteiger partial charge in [0.15, 0.2) is 11.0 Å². The van der Waals surface area contributed by atoms with Crippen LogP contribution in [0.15, 0.2) is 48.5 Å². The molecule has 1 atom stereocenters. The molecular weight excluding hydrogens is 406 g/mol. The van der Waals surface area contributed by atoms with Gasteiger partial charge in [-0.2, -0.15) is 8.42 Å². The lowest BCUT2D eigenvalue weighted by atomic mass is 10.1. The zero-order chi connectivity index (χ0) is 21.6. The van der Waals surface area contributed by atoms with Crippen LogP contribution in [0.1, 0.15) is 26.7 Å². The zero-order valence-corrected chi connectivity index (χ0v) is 15.7. The van der Waals surface area contributed by atoms with Gasteiger partial charge in [0, 0.05) is 16.3 Å². The SMILES string of the molecule is NC(=O)c1ccccc1OS(=O)(=O)C(C[N+](=O)[O-])c1ccc(C[CH][N+](=O)[O-])cc1. The van der Waals surface area contributed by atoms with Gasteiger partial charge in [0.25, 0.3) is 12.5 Å². The Hall–Kier alpha value is -3.54. The van der Waals surface area contributed by atoms with Crippen LogP contribution in [0.3, 0.4) is 0 Å². The van der Waals surface area contributed by atoms with E-state index in [2.05, 4.69) is 0 Å². The summed E-state index contributed by atoms with van der Waals surface area (Å²) in [6.45, 7) is -0.161. The van der Waals surface area contributed by atoms with Crippen LogP contribution in [-0.4, -0.2) is 30.7 Å². The van der Waals surface area contributed by atoms with Gasteiger partial charge in [-0.25, -0.2) is 0 Å². The number of hydrogen-bond acceptors (Lipinski definition) is 8. The number of benzene rings is 2.